The standard InChI is InChI=1S/C17H18ClN3/c18-14-8-6-13(7-9-14)12-17-20-15-4-1-2-5-16(15)21(17)11-3-10-19/h1-2,4-9H,3,10-12,19H2. The highest BCUT2D eigenvalue weighted by atomic mass is 35.5. The smallest absolute Gasteiger partial charge is 0.114 e. The number of halogens is 1. The highest BCUT2D eigenvalue weighted by Gasteiger charge is 2.10. The van der Waals surface area contributed by atoms with Crippen LogP contribution < -0.4 is 5.73 Å². The molecule has 2 N–H and O–H groups in total. The number of para-hydroxylation sites is 2. The number of aromatic nitrogens is 2. The zero-order valence-corrected chi connectivity index (χ0v) is 12.6. The maximum atomic E-state index is 5.94. The minimum absolute atomic E-state index is 0.687. The van der Waals surface area contributed by atoms with Crippen molar-refractivity contribution in [1.82, 2.24) is 9.55 Å². The van der Waals surface area contributed by atoms with E-state index in [0.29, 0.717) is 6.54 Å². The van der Waals surface area contributed by atoms with Gasteiger partial charge in [-0.1, -0.05) is 35.9 Å². The van der Waals surface area contributed by atoms with Crippen molar-refractivity contribution in [2.45, 2.75) is 19.4 Å². The van der Waals surface area contributed by atoms with Gasteiger partial charge in [0.2, 0.25) is 0 Å². The van der Waals surface area contributed by atoms with Crippen LogP contribution in [0.2, 0.25) is 5.02 Å². The minimum Gasteiger partial charge on any atom is -0.330 e. The molecule has 1 aromatic heterocycles. The highest BCUT2D eigenvalue weighted by molar-refractivity contribution is 6.30. The Morgan fingerprint density at radius 3 is 2.57 bits per heavy atom. The predicted octanol–water partition coefficient (Wildman–Crippen LogP) is 3.63. The van der Waals surface area contributed by atoms with Crippen LogP contribution in [0.25, 0.3) is 11.0 Å². The molecule has 108 valence electrons. The Bertz CT molecular complexity index is 731. The molecule has 0 saturated heterocycles. The molecule has 0 radical (unpaired) electrons. The number of nitrogens with two attached hydrogens (primary N) is 1. The van der Waals surface area contributed by atoms with E-state index in [-0.39, 0.29) is 0 Å². The summed E-state index contributed by atoms with van der Waals surface area (Å²) in [6, 6.07) is 16.2. The summed E-state index contributed by atoms with van der Waals surface area (Å²) in [7, 11) is 0. The summed E-state index contributed by atoms with van der Waals surface area (Å²) in [6.45, 7) is 1.59. The summed E-state index contributed by atoms with van der Waals surface area (Å²) in [5, 5.41) is 0.760. The fourth-order valence-electron chi connectivity index (χ4n) is 2.54. The Hall–Kier alpha value is -1.84. The van der Waals surface area contributed by atoms with Crippen LogP contribution in [0.15, 0.2) is 48.5 Å². The van der Waals surface area contributed by atoms with Gasteiger partial charge in [0.05, 0.1) is 11.0 Å². The van der Waals surface area contributed by atoms with Gasteiger partial charge in [-0.3, -0.25) is 0 Å². The van der Waals surface area contributed by atoms with Gasteiger partial charge in [-0.2, -0.15) is 0 Å². The molecule has 0 saturated carbocycles. The van der Waals surface area contributed by atoms with Crippen molar-refractivity contribution in [2.75, 3.05) is 6.54 Å². The zero-order valence-electron chi connectivity index (χ0n) is 11.8. The van der Waals surface area contributed by atoms with Crippen LogP contribution in [0.4, 0.5) is 0 Å². The molecule has 0 amide bonds. The average Bonchev–Trinajstić information content (AvgIpc) is 2.85. The Balaban J connectivity index is 1.97. The summed E-state index contributed by atoms with van der Waals surface area (Å²) in [5.41, 5.74) is 9.09. The lowest BCUT2D eigenvalue weighted by Gasteiger charge is -2.08. The Morgan fingerprint density at radius 1 is 1.05 bits per heavy atom. The number of hydrogen-bond donors (Lipinski definition) is 1. The van der Waals surface area contributed by atoms with Crippen molar-refractivity contribution in [3.05, 3.63) is 64.9 Å². The molecule has 3 nitrogen and oxygen atoms in total. The first-order valence-electron chi connectivity index (χ1n) is 7.16. The summed E-state index contributed by atoms with van der Waals surface area (Å²) >= 11 is 5.94. The SMILES string of the molecule is NCCCn1c(Cc2ccc(Cl)cc2)nc2ccccc21. The fourth-order valence-corrected chi connectivity index (χ4v) is 2.67. The van der Waals surface area contributed by atoms with Gasteiger partial charge < -0.3 is 10.3 Å². The van der Waals surface area contributed by atoms with E-state index in [2.05, 4.69) is 34.9 Å². The van der Waals surface area contributed by atoms with Crippen molar-refractivity contribution in [3.63, 3.8) is 0 Å². The summed E-state index contributed by atoms with van der Waals surface area (Å²) in [4.78, 5) is 4.77. The molecule has 0 atom stereocenters. The van der Waals surface area contributed by atoms with E-state index in [4.69, 9.17) is 22.3 Å². The third-order valence-corrected chi connectivity index (χ3v) is 3.85. The van der Waals surface area contributed by atoms with Crippen molar-refractivity contribution < 1.29 is 0 Å². The van der Waals surface area contributed by atoms with Gasteiger partial charge in [0.25, 0.3) is 0 Å². The van der Waals surface area contributed by atoms with E-state index in [9.17, 15) is 0 Å². The first kappa shape index (κ1) is 14.1. The number of benzene rings is 2. The largest absolute Gasteiger partial charge is 0.330 e. The van der Waals surface area contributed by atoms with E-state index in [1.165, 1.54) is 11.1 Å². The monoisotopic (exact) mass is 299 g/mol. The van der Waals surface area contributed by atoms with E-state index in [1.54, 1.807) is 0 Å². The molecule has 2 aromatic carbocycles. The van der Waals surface area contributed by atoms with Gasteiger partial charge in [0, 0.05) is 18.0 Å². The summed E-state index contributed by atoms with van der Waals surface area (Å²) < 4.78 is 2.27. The third kappa shape index (κ3) is 3.09. The Kier molecular flexibility index (Phi) is 4.23. The van der Waals surface area contributed by atoms with Crippen molar-refractivity contribution >= 4 is 22.6 Å². The number of nitrogens with zero attached hydrogens (tertiary/aromatic N) is 2. The number of imidazole rings is 1. The predicted molar refractivity (Wildman–Crippen MR) is 87.7 cm³/mol. The van der Waals surface area contributed by atoms with E-state index in [1.807, 2.05) is 18.2 Å². The third-order valence-electron chi connectivity index (χ3n) is 3.59. The number of aryl methyl sites for hydroxylation is 1. The molecule has 0 aliphatic carbocycles. The van der Waals surface area contributed by atoms with E-state index in [0.717, 1.165) is 35.8 Å². The number of hydrogen-bond acceptors (Lipinski definition) is 2. The molecule has 1 heterocycles. The molecule has 21 heavy (non-hydrogen) atoms. The van der Waals surface area contributed by atoms with Crippen LogP contribution in [-0.2, 0) is 13.0 Å². The topological polar surface area (TPSA) is 43.8 Å². The lowest BCUT2D eigenvalue weighted by Crippen LogP contribution is -2.09. The number of rotatable bonds is 5. The van der Waals surface area contributed by atoms with Gasteiger partial charge in [-0.15, -0.1) is 0 Å². The van der Waals surface area contributed by atoms with E-state index < -0.39 is 0 Å². The van der Waals surface area contributed by atoms with Gasteiger partial charge >= 0.3 is 0 Å². The highest BCUT2D eigenvalue weighted by Crippen LogP contribution is 2.20. The molecule has 0 bridgehead atoms. The zero-order chi connectivity index (χ0) is 14.7. The Morgan fingerprint density at radius 2 is 1.81 bits per heavy atom. The first-order valence-corrected chi connectivity index (χ1v) is 7.54. The van der Waals surface area contributed by atoms with Crippen LogP contribution in [0.3, 0.4) is 0 Å². The molecule has 0 aliphatic heterocycles. The van der Waals surface area contributed by atoms with Gasteiger partial charge in [0.1, 0.15) is 5.82 Å². The van der Waals surface area contributed by atoms with Crippen LogP contribution in [0, 0.1) is 0 Å². The quantitative estimate of drug-likeness (QED) is 0.782. The Labute approximate surface area is 129 Å². The van der Waals surface area contributed by atoms with Crippen LogP contribution >= 0.6 is 11.6 Å². The van der Waals surface area contributed by atoms with Crippen molar-refractivity contribution in [2.24, 2.45) is 5.73 Å². The van der Waals surface area contributed by atoms with Crippen LogP contribution in [-0.4, -0.2) is 16.1 Å². The molecule has 0 unspecified atom stereocenters. The molecule has 0 aliphatic rings. The van der Waals surface area contributed by atoms with Gasteiger partial charge in [-0.05, 0) is 42.8 Å². The second kappa shape index (κ2) is 6.29. The second-order valence-corrected chi connectivity index (χ2v) is 5.55. The number of fused-ring (bicyclic) bond motifs is 1. The maximum absolute atomic E-state index is 5.94. The summed E-state index contributed by atoms with van der Waals surface area (Å²) in [6.07, 6.45) is 1.75. The molecule has 4 heteroatoms. The van der Waals surface area contributed by atoms with E-state index >= 15 is 0 Å². The molecule has 0 spiro atoms. The molecule has 0 fully saturated rings. The lowest BCUT2D eigenvalue weighted by molar-refractivity contribution is 0.640. The minimum atomic E-state index is 0.687. The normalized spacial score (nSPS) is 11.1. The summed E-state index contributed by atoms with van der Waals surface area (Å²) in [5.74, 6) is 1.08. The fraction of sp³-hybridized carbons (Fsp3) is 0.235. The van der Waals surface area contributed by atoms with Gasteiger partial charge in [0.15, 0.2) is 0 Å². The molecular weight excluding hydrogens is 282 g/mol. The van der Waals surface area contributed by atoms with Crippen molar-refractivity contribution in [1.29, 1.82) is 0 Å². The van der Waals surface area contributed by atoms with Crippen LogP contribution in [0.1, 0.15) is 17.8 Å². The second-order valence-electron chi connectivity index (χ2n) is 5.11. The molecule has 3 rings (SSSR count). The molecular formula is C17H18ClN3. The van der Waals surface area contributed by atoms with Crippen LogP contribution in [0.5, 0.6) is 0 Å². The average molecular weight is 300 g/mol. The lowest BCUT2D eigenvalue weighted by atomic mass is 10.1. The molecule has 3 aromatic rings. The maximum Gasteiger partial charge on any atom is 0.114 e. The first-order chi connectivity index (χ1) is 10.3. The van der Waals surface area contributed by atoms with Crippen molar-refractivity contribution in [3.8, 4) is 0 Å². The van der Waals surface area contributed by atoms with Gasteiger partial charge in [-0.25, -0.2) is 4.98 Å².